The van der Waals surface area contributed by atoms with Gasteiger partial charge in [0.15, 0.2) is 8.32 Å². The van der Waals surface area contributed by atoms with Crippen molar-refractivity contribution in [3.63, 3.8) is 0 Å². The van der Waals surface area contributed by atoms with Gasteiger partial charge in [0, 0.05) is 24.9 Å². The highest BCUT2D eigenvalue weighted by Gasteiger charge is 2.67. The summed E-state index contributed by atoms with van der Waals surface area (Å²) in [6.45, 7) is 21.9. The van der Waals surface area contributed by atoms with Gasteiger partial charge >= 0.3 is 11.9 Å². The number of rotatable bonds is 9. The summed E-state index contributed by atoms with van der Waals surface area (Å²) < 4.78 is 24.6. The van der Waals surface area contributed by atoms with E-state index in [0.717, 1.165) is 32.3 Å². The first-order chi connectivity index (χ1) is 17.7. The Bertz CT molecular complexity index is 957. The van der Waals surface area contributed by atoms with Gasteiger partial charge in [-0.1, -0.05) is 67.5 Å². The Morgan fingerprint density at radius 3 is 2.24 bits per heavy atom. The average Bonchev–Trinajstić information content (AvgIpc) is 3.46. The van der Waals surface area contributed by atoms with Crippen LogP contribution in [0.15, 0.2) is 23.8 Å². The Morgan fingerprint density at radius 1 is 1.11 bits per heavy atom. The van der Waals surface area contributed by atoms with Crippen LogP contribution in [0.1, 0.15) is 88.0 Å². The highest BCUT2D eigenvalue weighted by Crippen LogP contribution is 2.66. The number of hydrogen-bond acceptors (Lipinski definition) is 6. The van der Waals surface area contributed by atoms with Crippen LogP contribution in [0.2, 0.25) is 16.6 Å². The summed E-state index contributed by atoms with van der Waals surface area (Å²) in [5.41, 5.74) is 1.54. The summed E-state index contributed by atoms with van der Waals surface area (Å²) in [4.78, 5) is 24.4. The smallest absolute Gasteiger partial charge is 0.338 e. The van der Waals surface area contributed by atoms with E-state index in [2.05, 4.69) is 61.5 Å². The molecule has 2 aliphatic carbocycles. The van der Waals surface area contributed by atoms with Gasteiger partial charge in [0.2, 0.25) is 0 Å². The fraction of sp³-hybridized carbons (Fsp3) is 0.806. The molecule has 1 saturated heterocycles. The predicted octanol–water partition coefficient (Wildman–Crippen LogP) is 6.75. The monoisotopic (exact) mass is 546 g/mol. The summed E-state index contributed by atoms with van der Waals surface area (Å²) in [5, 5.41) is 0. The molecule has 6 atom stereocenters. The molecule has 2 heterocycles. The zero-order chi connectivity index (χ0) is 28.1. The second-order valence-electron chi connectivity index (χ2n) is 13.8. The molecule has 0 unspecified atom stereocenters. The lowest BCUT2D eigenvalue weighted by Crippen LogP contribution is -2.62. The molecule has 0 radical (unpaired) electrons. The quantitative estimate of drug-likeness (QED) is 0.181. The van der Waals surface area contributed by atoms with Gasteiger partial charge in [0.1, 0.15) is 12.7 Å². The van der Waals surface area contributed by atoms with Crippen LogP contribution in [-0.4, -0.2) is 51.8 Å². The number of epoxide rings is 1. The van der Waals surface area contributed by atoms with Crippen molar-refractivity contribution in [3.8, 4) is 0 Å². The molecule has 2 aliphatic heterocycles. The molecular weight excluding hydrogens is 496 g/mol. The fourth-order valence-electron chi connectivity index (χ4n) is 8.99. The van der Waals surface area contributed by atoms with Crippen molar-refractivity contribution in [1.82, 2.24) is 0 Å². The molecule has 6 nitrogen and oxygen atoms in total. The number of hydrogen-bond donors (Lipinski definition) is 0. The van der Waals surface area contributed by atoms with E-state index in [-0.39, 0.29) is 40.4 Å². The Balaban J connectivity index is 1.71. The molecular formula is C31H50O6Si. The third-order valence-corrected chi connectivity index (χ3v) is 16.9. The largest absolute Gasteiger partial charge is 0.462 e. The second-order valence-corrected chi connectivity index (χ2v) is 19.3. The van der Waals surface area contributed by atoms with Crippen molar-refractivity contribution < 1.29 is 28.2 Å². The molecule has 2 saturated carbocycles. The van der Waals surface area contributed by atoms with Crippen molar-refractivity contribution in [2.75, 3.05) is 19.8 Å². The summed E-state index contributed by atoms with van der Waals surface area (Å²) in [5.74, 6) is -0.00670. The molecule has 0 aromatic carbocycles. The number of cyclic esters (lactones) is 1. The summed E-state index contributed by atoms with van der Waals surface area (Å²) in [6, 6.07) is 0. The molecule has 4 rings (SSSR count). The highest BCUT2D eigenvalue weighted by atomic mass is 28.4. The average molecular weight is 547 g/mol. The minimum Gasteiger partial charge on any atom is -0.462 e. The Labute approximate surface area is 231 Å². The first-order valence-corrected chi connectivity index (χ1v) is 16.9. The number of fused-ring (bicyclic) bond motifs is 1. The number of carbonyl (C=O) groups excluding carboxylic acids is 2. The first-order valence-electron chi connectivity index (χ1n) is 14.7. The van der Waals surface area contributed by atoms with Gasteiger partial charge in [-0.05, 0) is 59.7 Å². The van der Waals surface area contributed by atoms with Crippen LogP contribution in [0.5, 0.6) is 0 Å². The Kier molecular flexibility index (Phi) is 8.17. The van der Waals surface area contributed by atoms with Gasteiger partial charge in [-0.2, -0.15) is 0 Å². The molecule has 7 heteroatoms. The van der Waals surface area contributed by atoms with Gasteiger partial charge in [-0.15, -0.1) is 0 Å². The minimum atomic E-state index is -2.12. The maximum atomic E-state index is 12.3. The van der Waals surface area contributed by atoms with Crippen LogP contribution in [0.25, 0.3) is 0 Å². The minimum absolute atomic E-state index is 0.0687. The lowest BCUT2D eigenvalue weighted by Gasteiger charge is -2.61. The maximum absolute atomic E-state index is 12.3. The highest BCUT2D eigenvalue weighted by molar-refractivity contribution is 6.77. The molecule has 0 bridgehead atoms. The normalized spacial score (nSPS) is 37.2. The van der Waals surface area contributed by atoms with Gasteiger partial charge in [-0.3, -0.25) is 4.79 Å². The van der Waals surface area contributed by atoms with Crippen LogP contribution in [0, 0.1) is 22.7 Å². The van der Waals surface area contributed by atoms with Crippen LogP contribution in [0.4, 0.5) is 0 Å². The molecule has 4 aliphatic rings. The van der Waals surface area contributed by atoms with E-state index in [1.807, 2.05) is 12.2 Å². The molecule has 3 fully saturated rings. The van der Waals surface area contributed by atoms with Crippen molar-refractivity contribution >= 4 is 20.3 Å². The maximum Gasteiger partial charge on any atom is 0.338 e. The van der Waals surface area contributed by atoms with E-state index in [4.69, 9.17) is 18.6 Å². The SMILES string of the molecule is CC(=O)O[C@@H]1CC[C@]2(C)[C@H](CC[C@@]3(CO3)[C@H]2/C=C/C2=CCOC2=O)[C@]1(C)CO[Si](C(C)C)(C(C)C)C(C)C. The Hall–Kier alpha value is -1.44. The number of carbonyl (C=O) groups is 2. The zero-order valence-electron chi connectivity index (χ0n) is 25.1. The van der Waals surface area contributed by atoms with Crippen molar-refractivity contribution in [1.29, 1.82) is 0 Å². The van der Waals surface area contributed by atoms with Crippen molar-refractivity contribution in [2.45, 2.75) is 116 Å². The lowest BCUT2D eigenvalue weighted by molar-refractivity contribution is -0.191. The molecule has 0 aromatic heterocycles. The zero-order valence-corrected chi connectivity index (χ0v) is 26.1. The molecule has 38 heavy (non-hydrogen) atoms. The molecule has 0 N–H and O–H groups in total. The third kappa shape index (κ3) is 4.85. The first kappa shape index (κ1) is 29.5. The van der Waals surface area contributed by atoms with Gasteiger partial charge < -0.3 is 18.6 Å². The summed E-state index contributed by atoms with van der Waals surface area (Å²) in [7, 11) is -2.12. The number of ether oxygens (including phenoxy) is 3. The van der Waals surface area contributed by atoms with E-state index in [0.29, 0.717) is 41.3 Å². The molecule has 214 valence electrons. The molecule has 0 amide bonds. The van der Waals surface area contributed by atoms with Crippen LogP contribution < -0.4 is 0 Å². The summed E-state index contributed by atoms with van der Waals surface area (Å²) >= 11 is 0. The molecule has 1 spiro atoms. The van der Waals surface area contributed by atoms with Gasteiger partial charge in [0.05, 0.1) is 17.8 Å². The second kappa shape index (κ2) is 10.5. The van der Waals surface area contributed by atoms with E-state index < -0.39 is 8.32 Å². The van der Waals surface area contributed by atoms with Crippen molar-refractivity contribution in [2.24, 2.45) is 22.7 Å². The predicted molar refractivity (Wildman–Crippen MR) is 151 cm³/mol. The van der Waals surface area contributed by atoms with E-state index in [1.54, 1.807) is 0 Å². The standard InChI is InChI=1S/C31H50O6Si/c1-20(2)38(21(3)4,22(5)6)36-18-30(9)25-12-16-31(19-35-31)26(11-10-24-14-17-34-28(24)33)29(25,8)15-13-27(30)37-23(7)32/h10-11,14,20-22,25-27H,12-13,15-19H2,1-9H3/b11-10+/t25-,26-,27+,29+,30-,31+/m0/s1. The third-order valence-electron chi connectivity index (χ3n) is 10.8. The summed E-state index contributed by atoms with van der Waals surface area (Å²) in [6.07, 6.45) is 9.58. The van der Waals surface area contributed by atoms with Crippen LogP contribution >= 0.6 is 0 Å². The topological polar surface area (TPSA) is 74.4 Å². The Morgan fingerprint density at radius 2 is 1.74 bits per heavy atom. The van der Waals surface area contributed by atoms with Crippen LogP contribution in [-0.2, 0) is 28.2 Å². The van der Waals surface area contributed by atoms with Crippen molar-refractivity contribution in [3.05, 3.63) is 23.8 Å². The van der Waals surface area contributed by atoms with E-state index >= 15 is 0 Å². The molecule has 0 aromatic rings. The fourth-order valence-corrected chi connectivity index (χ4v) is 14.6. The van der Waals surface area contributed by atoms with E-state index in [1.165, 1.54) is 6.92 Å². The van der Waals surface area contributed by atoms with Gasteiger partial charge in [0.25, 0.3) is 0 Å². The van der Waals surface area contributed by atoms with Crippen LogP contribution in [0.3, 0.4) is 0 Å². The van der Waals surface area contributed by atoms with E-state index in [9.17, 15) is 9.59 Å². The lowest BCUT2D eigenvalue weighted by atomic mass is 9.45. The number of esters is 2. The van der Waals surface area contributed by atoms with Gasteiger partial charge in [-0.25, -0.2) is 4.79 Å².